The smallest absolute Gasteiger partial charge is 0.251 e. The first-order chi connectivity index (χ1) is 12.5. The molecule has 2 amide bonds. The second kappa shape index (κ2) is 13.8. The minimum absolute atomic E-state index is 0. The molecule has 8 heteroatoms. The molecule has 1 fully saturated rings. The number of halogens is 2. The van der Waals surface area contributed by atoms with Gasteiger partial charge in [0.25, 0.3) is 5.91 Å². The summed E-state index contributed by atoms with van der Waals surface area (Å²) in [6.45, 7) is 7.60. The number of benzene rings is 1. The fourth-order valence-corrected chi connectivity index (χ4v) is 3.42. The van der Waals surface area contributed by atoms with Gasteiger partial charge in [0.15, 0.2) is 0 Å². The molecule has 0 aliphatic heterocycles. The van der Waals surface area contributed by atoms with E-state index in [4.69, 9.17) is 5.73 Å². The quantitative estimate of drug-likeness (QED) is 0.588. The molecule has 28 heavy (non-hydrogen) atoms. The first kappa shape index (κ1) is 26.7. The molecule has 2 rings (SSSR count). The van der Waals surface area contributed by atoms with Gasteiger partial charge in [-0.3, -0.25) is 9.59 Å². The topological polar surface area (TPSA) is 87.5 Å². The molecule has 0 spiro atoms. The van der Waals surface area contributed by atoms with Crippen molar-refractivity contribution in [3.63, 3.8) is 0 Å². The van der Waals surface area contributed by atoms with Crippen molar-refractivity contribution in [2.24, 2.45) is 11.7 Å². The van der Waals surface area contributed by atoms with Crippen molar-refractivity contribution in [2.75, 3.05) is 31.5 Å². The number of amides is 2. The SMILES string of the molecule is CCN(CC)CCNC(=O)c1cccc(NC(=O)C2CCCC(N)C2)c1.Cl.Cl. The molecule has 0 saturated heterocycles. The Bertz CT molecular complexity index is 612. The number of nitrogens with two attached hydrogens (primary N) is 1. The van der Waals surface area contributed by atoms with Crippen LogP contribution in [0.4, 0.5) is 5.69 Å². The molecule has 1 aromatic rings. The molecule has 0 radical (unpaired) electrons. The monoisotopic (exact) mass is 432 g/mol. The summed E-state index contributed by atoms with van der Waals surface area (Å²) in [7, 11) is 0. The third-order valence-electron chi connectivity index (χ3n) is 5.09. The van der Waals surface area contributed by atoms with Crippen molar-refractivity contribution in [3.8, 4) is 0 Å². The van der Waals surface area contributed by atoms with E-state index >= 15 is 0 Å². The predicted molar refractivity (Wildman–Crippen MR) is 120 cm³/mol. The zero-order valence-electron chi connectivity index (χ0n) is 16.8. The summed E-state index contributed by atoms with van der Waals surface area (Å²) in [6.07, 6.45) is 3.60. The zero-order valence-corrected chi connectivity index (χ0v) is 18.4. The number of rotatable bonds is 8. The van der Waals surface area contributed by atoms with Crippen LogP contribution in [-0.2, 0) is 4.79 Å². The van der Waals surface area contributed by atoms with Gasteiger partial charge in [-0.05, 0) is 50.6 Å². The molecule has 1 aromatic carbocycles. The van der Waals surface area contributed by atoms with Crippen LogP contribution in [0.2, 0.25) is 0 Å². The van der Waals surface area contributed by atoms with Gasteiger partial charge in [-0.1, -0.05) is 26.3 Å². The summed E-state index contributed by atoms with van der Waals surface area (Å²) < 4.78 is 0. The van der Waals surface area contributed by atoms with Crippen molar-refractivity contribution < 1.29 is 9.59 Å². The standard InChI is InChI=1S/C20H32N4O2.2ClH/c1-3-24(4-2)12-11-22-19(25)16-8-6-10-18(14-16)23-20(26)15-7-5-9-17(21)13-15;;/h6,8,10,14-15,17H,3-5,7,9,11-13,21H2,1-2H3,(H,22,25)(H,23,26);2*1H. The lowest BCUT2D eigenvalue weighted by Gasteiger charge is -2.25. The van der Waals surface area contributed by atoms with Gasteiger partial charge in [-0.2, -0.15) is 0 Å². The van der Waals surface area contributed by atoms with Gasteiger partial charge in [0.1, 0.15) is 0 Å². The number of anilines is 1. The van der Waals surface area contributed by atoms with Crippen LogP contribution >= 0.6 is 24.8 Å². The number of hydrogen-bond acceptors (Lipinski definition) is 4. The van der Waals surface area contributed by atoms with Gasteiger partial charge in [0.05, 0.1) is 0 Å². The van der Waals surface area contributed by atoms with E-state index in [0.717, 1.165) is 45.3 Å². The van der Waals surface area contributed by atoms with Crippen molar-refractivity contribution in [2.45, 2.75) is 45.6 Å². The Morgan fingerprint density at radius 3 is 2.54 bits per heavy atom. The molecule has 1 saturated carbocycles. The Morgan fingerprint density at radius 2 is 1.89 bits per heavy atom. The molecule has 160 valence electrons. The molecule has 1 aliphatic rings. The number of nitrogens with zero attached hydrogens (tertiary/aromatic N) is 1. The Labute approximate surface area is 180 Å². The first-order valence-corrected chi connectivity index (χ1v) is 9.70. The number of carbonyl (C=O) groups is 2. The molecular formula is C20H34Cl2N4O2. The average Bonchev–Trinajstić information content (AvgIpc) is 2.65. The Balaban J connectivity index is 0.00000364. The van der Waals surface area contributed by atoms with Crippen LogP contribution in [0.5, 0.6) is 0 Å². The van der Waals surface area contributed by atoms with E-state index in [9.17, 15) is 9.59 Å². The van der Waals surface area contributed by atoms with E-state index in [0.29, 0.717) is 17.8 Å². The average molecular weight is 433 g/mol. The molecule has 0 heterocycles. The van der Waals surface area contributed by atoms with Crippen LogP contribution in [0.3, 0.4) is 0 Å². The highest BCUT2D eigenvalue weighted by Crippen LogP contribution is 2.24. The summed E-state index contributed by atoms with van der Waals surface area (Å²) in [4.78, 5) is 27.0. The molecule has 0 bridgehead atoms. The highest BCUT2D eigenvalue weighted by molar-refractivity contribution is 5.97. The first-order valence-electron chi connectivity index (χ1n) is 9.70. The van der Waals surface area contributed by atoms with E-state index in [1.54, 1.807) is 18.2 Å². The molecule has 1 aliphatic carbocycles. The third-order valence-corrected chi connectivity index (χ3v) is 5.09. The van der Waals surface area contributed by atoms with E-state index in [1.807, 2.05) is 6.07 Å². The minimum Gasteiger partial charge on any atom is -0.351 e. The molecule has 4 N–H and O–H groups in total. The summed E-state index contributed by atoms with van der Waals surface area (Å²) in [6, 6.07) is 7.21. The maximum absolute atomic E-state index is 12.4. The number of hydrogen-bond donors (Lipinski definition) is 3. The zero-order chi connectivity index (χ0) is 18.9. The summed E-state index contributed by atoms with van der Waals surface area (Å²) in [5, 5.41) is 5.88. The van der Waals surface area contributed by atoms with Crippen molar-refractivity contribution in [3.05, 3.63) is 29.8 Å². The number of carbonyl (C=O) groups excluding carboxylic acids is 2. The summed E-state index contributed by atoms with van der Waals surface area (Å²) in [5.74, 6) is -0.155. The maximum atomic E-state index is 12.4. The van der Waals surface area contributed by atoms with Crippen LogP contribution in [0.25, 0.3) is 0 Å². The Kier molecular flexibility index (Phi) is 13.1. The van der Waals surface area contributed by atoms with Crippen LogP contribution in [0, 0.1) is 5.92 Å². The lowest BCUT2D eigenvalue weighted by Crippen LogP contribution is -2.35. The second-order valence-corrected chi connectivity index (χ2v) is 6.98. The summed E-state index contributed by atoms with van der Waals surface area (Å²) in [5.41, 5.74) is 7.19. The Morgan fingerprint density at radius 1 is 1.18 bits per heavy atom. The maximum Gasteiger partial charge on any atom is 0.251 e. The second-order valence-electron chi connectivity index (χ2n) is 6.98. The van der Waals surface area contributed by atoms with E-state index < -0.39 is 0 Å². The van der Waals surface area contributed by atoms with E-state index in [2.05, 4.69) is 29.4 Å². The molecular weight excluding hydrogens is 399 g/mol. The Hall–Kier alpha value is -1.34. The fourth-order valence-electron chi connectivity index (χ4n) is 3.42. The molecule has 2 unspecified atom stereocenters. The van der Waals surface area contributed by atoms with Crippen LogP contribution in [-0.4, -0.2) is 48.9 Å². The van der Waals surface area contributed by atoms with E-state index in [1.165, 1.54) is 0 Å². The third kappa shape index (κ3) is 8.35. The molecule has 0 aromatic heterocycles. The lowest BCUT2D eigenvalue weighted by molar-refractivity contribution is -0.120. The van der Waals surface area contributed by atoms with Gasteiger partial charge in [0.2, 0.25) is 5.91 Å². The van der Waals surface area contributed by atoms with Crippen LogP contribution in [0.1, 0.15) is 49.9 Å². The van der Waals surface area contributed by atoms with Gasteiger partial charge in [-0.15, -0.1) is 24.8 Å². The van der Waals surface area contributed by atoms with Crippen LogP contribution in [0.15, 0.2) is 24.3 Å². The highest BCUT2D eigenvalue weighted by Gasteiger charge is 2.25. The van der Waals surface area contributed by atoms with Gasteiger partial charge in [0, 0.05) is 36.3 Å². The van der Waals surface area contributed by atoms with Gasteiger partial charge >= 0.3 is 0 Å². The molecule has 6 nitrogen and oxygen atoms in total. The van der Waals surface area contributed by atoms with Crippen molar-refractivity contribution >= 4 is 42.3 Å². The largest absolute Gasteiger partial charge is 0.351 e. The number of nitrogens with one attached hydrogen (secondary N) is 2. The fraction of sp³-hybridized carbons (Fsp3) is 0.600. The minimum atomic E-state index is -0.118. The van der Waals surface area contributed by atoms with Gasteiger partial charge in [-0.25, -0.2) is 0 Å². The van der Waals surface area contributed by atoms with Crippen molar-refractivity contribution in [1.82, 2.24) is 10.2 Å². The predicted octanol–water partition coefficient (Wildman–Crippen LogP) is 3.06. The van der Waals surface area contributed by atoms with Crippen LogP contribution < -0.4 is 16.4 Å². The normalized spacial score (nSPS) is 18.6. The van der Waals surface area contributed by atoms with Crippen molar-refractivity contribution in [1.29, 1.82) is 0 Å². The van der Waals surface area contributed by atoms with Gasteiger partial charge < -0.3 is 21.3 Å². The lowest BCUT2D eigenvalue weighted by atomic mass is 9.85. The number of likely N-dealkylation sites (N-methyl/N-ethyl adjacent to an activating group) is 1. The highest BCUT2D eigenvalue weighted by atomic mass is 35.5. The van der Waals surface area contributed by atoms with E-state index in [-0.39, 0.29) is 48.6 Å². The molecule has 2 atom stereocenters. The summed E-state index contributed by atoms with van der Waals surface area (Å²) >= 11 is 0.